The third-order valence-electron chi connectivity index (χ3n) is 4.05. The lowest BCUT2D eigenvalue weighted by molar-refractivity contribution is 0.0969. The number of hydrogen-bond donors (Lipinski definition) is 0. The van der Waals surface area contributed by atoms with E-state index < -0.39 is 9.84 Å². The zero-order valence-electron chi connectivity index (χ0n) is 15.8. The molecule has 0 saturated heterocycles. The largest absolute Gasteiger partial charge is 0.493 e. The van der Waals surface area contributed by atoms with Gasteiger partial charge in [-0.1, -0.05) is 0 Å². The van der Waals surface area contributed by atoms with E-state index in [4.69, 9.17) is 9.47 Å². The Kier molecular flexibility index (Phi) is 6.43. The number of ether oxygens (including phenoxy) is 2. The molecule has 0 saturated carbocycles. The number of methoxy groups -OCH3 is 1. The maximum atomic E-state index is 12.7. The zero-order valence-corrected chi connectivity index (χ0v) is 16.6. The molecular formula is C19H23NO6S. The molecule has 1 aromatic heterocycles. The molecule has 0 amide bonds. The van der Waals surface area contributed by atoms with Gasteiger partial charge in [0.05, 0.1) is 19.4 Å². The molecule has 2 aromatic rings. The summed E-state index contributed by atoms with van der Waals surface area (Å²) in [6.07, 6.45) is 1.13. The topological polar surface area (TPSA) is 91.7 Å². The predicted octanol–water partition coefficient (Wildman–Crippen LogP) is 1.78. The van der Waals surface area contributed by atoms with Crippen molar-refractivity contribution in [2.45, 2.75) is 20.4 Å². The van der Waals surface area contributed by atoms with Gasteiger partial charge in [0.1, 0.15) is 6.61 Å². The van der Waals surface area contributed by atoms with E-state index in [9.17, 15) is 18.0 Å². The summed E-state index contributed by atoms with van der Waals surface area (Å²) in [5.41, 5.74) is 1.71. The number of carbonyl (C=O) groups excluding carboxylic acids is 1. The molecule has 0 aliphatic rings. The summed E-state index contributed by atoms with van der Waals surface area (Å²) in [5, 5.41) is 0. The highest BCUT2D eigenvalue weighted by Crippen LogP contribution is 2.28. The third-order valence-corrected chi connectivity index (χ3v) is 4.96. The Morgan fingerprint density at radius 1 is 1.07 bits per heavy atom. The van der Waals surface area contributed by atoms with E-state index in [1.54, 1.807) is 30.5 Å². The quantitative estimate of drug-likeness (QED) is 0.635. The van der Waals surface area contributed by atoms with Crippen LogP contribution in [0.1, 0.15) is 21.7 Å². The fraction of sp³-hybridized carbons (Fsp3) is 0.368. The highest BCUT2D eigenvalue weighted by molar-refractivity contribution is 7.90. The summed E-state index contributed by atoms with van der Waals surface area (Å²) in [6.45, 7) is 3.59. The number of rotatable bonds is 8. The lowest BCUT2D eigenvalue weighted by atomic mass is 10.1. The molecule has 0 bridgehead atoms. The summed E-state index contributed by atoms with van der Waals surface area (Å²) >= 11 is 0. The number of aryl methyl sites for hydroxylation is 2. The molecule has 2 rings (SSSR count). The zero-order chi connectivity index (χ0) is 20.2. The first-order valence-corrected chi connectivity index (χ1v) is 10.4. The summed E-state index contributed by atoms with van der Waals surface area (Å²) in [4.78, 5) is 24.2. The molecule has 1 aromatic carbocycles. The molecule has 146 valence electrons. The molecule has 0 N–H and O–H groups in total. The third kappa shape index (κ3) is 5.68. The number of hydrogen-bond acceptors (Lipinski definition) is 6. The van der Waals surface area contributed by atoms with Gasteiger partial charge < -0.3 is 14.0 Å². The van der Waals surface area contributed by atoms with Gasteiger partial charge in [0.15, 0.2) is 32.5 Å². The van der Waals surface area contributed by atoms with Crippen LogP contribution >= 0.6 is 0 Å². The molecule has 0 atom stereocenters. The van der Waals surface area contributed by atoms with E-state index in [-0.39, 0.29) is 30.1 Å². The second-order valence-electron chi connectivity index (χ2n) is 6.33. The highest BCUT2D eigenvalue weighted by atomic mass is 32.2. The van der Waals surface area contributed by atoms with E-state index in [2.05, 4.69) is 0 Å². The number of aromatic nitrogens is 1. The minimum Gasteiger partial charge on any atom is -0.493 e. The van der Waals surface area contributed by atoms with Crippen LogP contribution in [-0.2, 0) is 16.4 Å². The van der Waals surface area contributed by atoms with Crippen molar-refractivity contribution in [3.63, 3.8) is 0 Å². The van der Waals surface area contributed by atoms with Crippen molar-refractivity contribution in [2.75, 3.05) is 25.7 Å². The molecule has 0 unspecified atom stereocenters. The average Bonchev–Trinajstić information content (AvgIpc) is 2.56. The predicted molar refractivity (Wildman–Crippen MR) is 103 cm³/mol. The standard InChI is InChI=1S/C19H23NO6S/c1-13-9-16(21)10-14(2)20(13)12-17(22)15-5-6-18(25-3)19(11-15)26-7-8-27(4,23)24/h5-6,9-11H,7-8,12H2,1-4H3. The average molecular weight is 393 g/mol. The molecule has 7 nitrogen and oxygen atoms in total. The minimum atomic E-state index is -3.16. The molecule has 8 heteroatoms. The van der Waals surface area contributed by atoms with Crippen molar-refractivity contribution in [2.24, 2.45) is 0 Å². The van der Waals surface area contributed by atoms with Gasteiger partial charge in [-0.2, -0.15) is 0 Å². The summed E-state index contributed by atoms with van der Waals surface area (Å²) in [7, 11) is -1.69. The van der Waals surface area contributed by atoms with Crippen molar-refractivity contribution in [1.82, 2.24) is 4.57 Å². The van der Waals surface area contributed by atoms with Gasteiger partial charge in [-0.3, -0.25) is 9.59 Å². The number of ketones is 1. The Balaban J connectivity index is 2.24. The van der Waals surface area contributed by atoms with E-state index in [1.807, 2.05) is 0 Å². The first kappa shape index (κ1) is 20.7. The van der Waals surface area contributed by atoms with Crippen LogP contribution in [0.3, 0.4) is 0 Å². The molecule has 0 fully saturated rings. The number of carbonyl (C=O) groups is 1. The van der Waals surface area contributed by atoms with Crippen LogP contribution in [0.5, 0.6) is 11.5 Å². The van der Waals surface area contributed by atoms with Crippen LogP contribution in [0.15, 0.2) is 35.1 Å². The van der Waals surface area contributed by atoms with Gasteiger partial charge in [0, 0.05) is 35.3 Å². The molecule has 27 heavy (non-hydrogen) atoms. The van der Waals surface area contributed by atoms with Crippen molar-refractivity contribution < 1.29 is 22.7 Å². The monoisotopic (exact) mass is 393 g/mol. The van der Waals surface area contributed by atoms with Crippen molar-refractivity contribution in [3.8, 4) is 11.5 Å². The lowest BCUT2D eigenvalue weighted by Crippen LogP contribution is -2.18. The fourth-order valence-corrected chi connectivity index (χ4v) is 3.02. The van der Waals surface area contributed by atoms with Gasteiger partial charge >= 0.3 is 0 Å². The van der Waals surface area contributed by atoms with Gasteiger partial charge in [0.25, 0.3) is 0 Å². The summed E-state index contributed by atoms with van der Waals surface area (Å²) < 4.78 is 35.0. The first-order valence-electron chi connectivity index (χ1n) is 8.30. The van der Waals surface area contributed by atoms with E-state index >= 15 is 0 Å². The molecule has 0 aliphatic heterocycles. The SMILES string of the molecule is COc1ccc(C(=O)Cn2c(C)cc(=O)cc2C)cc1OCCS(C)(=O)=O. The van der Waals surface area contributed by atoms with Crippen molar-refractivity contribution in [3.05, 3.63) is 57.5 Å². The van der Waals surface area contributed by atoms with E-state index in [0.29, 0.717) is 28.5 Å². The van der Waals surface area contributed by atoms with E-state index in [0.717, 1.165) is 6.26 Å². The van der Waals surface area contributed by atoms with Crippen LogP contribution in [0.2, 0.25) is 0 Å². The Hall–Kier alpha value is -2.61. The van der Waals surface area contributed by atoms with Gasteiger partial charge in [-0.05, 0) is 32.0 Å². The van der Waals surface area contributed by atoms with Crippen LogP contribution < -0.4 is 14.9 Å². The van der Waals surface area contributed by atoms with Crippen molar-refractivity contribution in [1.29, 1.82) is 0 Å². The normalized spacial score (nSPS) is 11.3. The van der Waals surface area contributed by atoms with Gasteiger partial charge in [0.2, 0.25) is 0 Å². The Labute approximate surface area is 158 Å². The Morgan fingerprint density at radius 3 is 2.26 bits per heavy atom. The van der Waals surface area contributed by atoms with Crippen LogP contribution in [0, 0.1) is 13.8 Å². The Morgan fingerprint density at radius 2 is 1.70 bits per heavy atom. The maximum Gasteiger partial charge on any atom is 0.182 e. The number of pyridine rings is 1. The number of benzene rings is 1. The second kappa shape index (κ2) is 8.39. The van der Waals surface area contributed by atoms with Crippen LogP contribution in [-0.4, -0.2) is 44.5 Å². The van der Waals surface area contributed by atoms with Crippen LogP contribution in [0.4, 0.5) is 0 Å². The summed E-state index contributed by atoms with van der Waals surface area (Å²) in [6, 6.07) is 7.73. The molecular weight excluding hydrogens is 370 g/mol. The second-order valence-corrected chi connectivity index (χ2v) is 8.59. The van der Waals surface area contributed by atoms with Crippen LogP contribution in [0.25, 0.3) is 0 Å². The van der Waals surface area contributed by atoms with Gasteiger partial charge in [-0.25, -0.2) is 8.42 Å². The molecule has 0 spiro atoms. The highest BCUT2D eigenvalue weighted by Gasteiger charge is 2.14. The van der Waals surface area contributed by atoms with E-state index in [1.165, 1.54) is 25.3 Å². The van der Waals surface area contributed by atoms with Crippen molar-refractivity contribution >= 4 is 15.6 Å². The fourth-order valence-electron chi connectivity index (χ4n) is 2.64. The number of nitrogens with zero attached hydrogens (tertiary/aromatic N) is 1. The molecule has 1 heterocycles. The Bertz CT molecular complexity index is 981. The van der Waals surface area contributed by atoms with Gasteiger partial charge in [-0.15, -0.1) is 0 Å². The minimum absolute atomic E-state index is 0.0369. The molecule has 0 radical (unpaired) electrons. The first-order chi connectivity index (χ1) is 12.6. The maximum absolute atomic E-state index is 12.7. The smallest absolute Gasteiger partial charge is 0.182 e. The number of Topliss-reactive ketones (excluding diaryl/α,β-unsaturated/α-hetero) is 1. The number of sulfone groups is 1. The molecule has 0 aliphatic carbocycles. The summed E-state index contributed by atoms with van der Waals surface area (Å²) in [5.74, 6) is 0.418. The lowest BCUT2D eigenvalue weighted by Gasteiger charge is -2.15.